The molecule has 2 aliphatic rings. The number of fused-ring (bicyclic) bond motifs is 5. The first-order valence-electron chi connectivity index (χ1n) is 8.36. The Hall–Kier alpha value is -2.55. The summed E-state index contributed by atoms with van der Waals surface area (Å²) in [5, 5.41) is 4.86. The van der Waals surface area contributed by atoms with E-state index in [1.807, 2.05) is 0 Å². The minimum Gasteiger partial charge on any atom is -0.350 e. The molecule has 2 atom stereocenters. The summed E-state index contributed by atoms with van der Waals surface area (Å²) in [5.41, 5.74) is 11.5. The molecule has 1 aromatic heterocycles. The SMILES string of the molecule is Cc1ccc2[nH]c3c(c2c1)CCC1C3=[NH+]NC1c1ccccc1. The highest BCUT2D eigenvalue weighted by Gasteiger charge is 2.43. The monoisotopic (exact) mass is 302 g/mol. The zero-order valence-electron chi connectivity index (χ0n) is 13.2. The average molecular weight is 302 g/mol. The van der Waals surface area contributed by atoms with E-state index in [9.17, 15) is 0 Å². The number of hydrogen-bond acceptors (Lipinski definition) is 1. The average Bonchev–Trinajstić information content (AvgIpc) is 3.16. The molecular formula is C20H20N3+. The number of benzene rings is 2. The van der Waals surface area contributed by atoms with Crippen molar-refractivity contribution in [3.8, 4) is 0 Å². The van der Waals surface area contributed by atoms with Gasteiger partial charge in [-0.3, -0.25) is 0 Å². The van der Waals surface area contributed by atoms with E-state index < -0.39 is 0 Å². The molecule has 2 heterocycles. The number of aromatic amines is 1. The Balaban J connectivity index is 1.60. The first-order valence-corrected chi connectivity index (χ1v) is 8.36. The smallest absolute Gasteiger partial charge is 0.232 e. The molecule has 0 spiro atoms. The van der Waals surface area contributed by atoms with Crippen molar-refractivity contribution in [1.82, 2.24) is 10.4 Å². The maximum Gasteiger partial charge on any atom is 0.232 e. The van der Waals surface area contributed by atoms with Crippen LogP contribution in [0.2, 0.25) is 0 Å². The van der Waals surface area contributed by atoms with Crippen molar-refractivity contribution in [2.75, 3.05) is 0 Å². The van der Waals surface area contributed by atoms with Crippen LogP contribution in [0.25, 0.3) is 10.9 Å². The molecule has 114 valence electrons. The lowest BCUT2D eigenvalue weighted by molar-refractivity contribution is -0.522. The molecule has 3 N–H and O–H groups in total. The third-order valence-electron chi connectivity index (χ3n) is 5.33. The van der Waals surface area contributed by atoms with E-state index in [1.165, 1.54) is 45.4 Å². The van der Waals surface area contributed by atoms with Crippen molar-refractivity contribution in [2.24, 2.45) is 5.92 Å². The van der Waals surface area contributed by atoms with Crippen LogP contribution in [0.1, 0.15) is 34.8 Å². The summed E-state index contributed by atoms with van der Waals surface area (Å²) in [6.45, 7) is 2.17. The summed E-state index contributed by atoms with van der Waals surface area (Å²) in [4.78, 5) is 3.65. The topological polar surface area (TPSA) is 41.8 Å². The highest BCUT2D eigenvalue weighted by atomic mass is 15.3. The molecule has 0 amide bonds. The second kappa shape index (κ2) is 4.72. The second-order valence-corrected chi connectivity index (χ2v) is 6.74. The molecule has 23 heavy (non-hydrogen) atoms. The van der Waals surface area contributed by atoms with Gasteiger partial charge in [-0.15, -0.1) is 5.10 Å². The molecule has 0 bridgehead atoms. The van der Waals surface area contributed by atoms with Gasteiger partial charge in [0.2, 0.25) is 5.71 Å². The molecule has 2 aromatic carbocycles. The van der Waals surface area contributed by atoms with Gasteiger partial charge in [0.25, 0.3) is 0 Å². The normalized spacial score (nSPS) is 22.4. The highest BCUT2D eigenvalue weighted by Crippen LogP contribution is 2.37. The zero-order chi connectivity index (χ0) is 15.4. The predicted molar refractivity (Wildman–Crippen MR) is 92.2 cm³/mol. The Morgan fingerprint density at radius 1 is 1.09 bits per heavy atom. The predicted octanol–water partition coefficient (Wildman–Crippen LogP) is 2.17. The maximum absolute atomic E-state index is 3.65. The lowest BCUT2D eigenvalue weighted by Crippen LogP contribution is -2.79. The third-order valence-corrected chi connectivity index (χ3v) is 5.33. The van der Waals surface area contributed by atoms with E-state index in [0.717, 1.165) is 6.42 Å². The minimum atomic E-state index is 0.354. The molecule has 0 saturated heterocycles. The van der Waals surface area contributed by atoms with Crippen molar-refractivity contribution in [3.63, 3.8) is 0 Å². The number of H-pyrrole nitrogens is 1. The fraction of sp³-hybridized carbons (Fsp3) is 0.250. The maximum atomic E-state index is 3.65. The standard InChI is InChI=1S/C20H19N3/c1-12-7-10-17-16(11-12)14-8-9-15-18(13-5-3-2-4-6-13)22-23-20(15)19(14)21-17/h2-7,10-11,15,18,21-22H,8-9H2,1H3/p+1. The van der Waals surface area contributed by atoms with Gasteiger partial charge in [-0.25, -0.2) is 0 Å². The molecule has 2 unspecified atom stereocenters. The summed E-state index contributed by atoms with van der Waals surface area (Å²) < 4.78 is 0. The van der Waals surface area contributed by atoms with Crippen molar-refractivity contribution in [3.05, 3.63) is 70.9 Å². The van der Waals surface area contributed by atoms with Crippen LogP contribution in [0.4, 0.5) is 0 Å². The molecular weight excluding hydrogens is 282 g/mol. The first kappa shape index (κ1) is 12.9. The van der Waals surface area contributed by atoms with Crippen molar-refractivity contribution < 1.29 is 5.10 Å². The Morgan fingerprint density at radius 2 is 1.96 bits per heavy atom. The van der Waals surface area contributed by atoms with Crippen LogP contribution in [0.15, 0.2) is 48.5 Å². The molecule has 3 aromatic rings. The van der Waals surface area contributed by atoms with Gasteiger partial charge in [-0.2, -0.15) is 5.43 Å². The van der Waals surface area contributed by atoms with Crippen LogP contribution in [-0.2, 0) is 6.42 Å². The molecule has 0 saturated carbocycles. The van der Waals surface area contributed by atoms with Gasteiger partial charge in [0.05, 0.1) is 5.92 Å². The summed E-state index contributed by atoms with van der Waals surface area (Å²) >= 11 is 0. The molecule has 3 heteroatoms. The molecule has 0 radical (unpaired) electrons. The van der Waals surface area contributed by atoms with Crippen LogP contribution in [-0.4, -0.2) is 10.7 Å². The van der Waals surface area contributed by atoms with Gasteiger partial charge in [0, 0.05) is 10.9 Å². The van der Waals surface area contributed by atoms with Gasteiger partial charge in [-0.05, 0) is 43.0 Å². The van der Waals surface area contributed by atoms with Gasteiger partial charge in [0.1, 0.15) is 11.7 Å². The Labute approximate surface area is 135 Å². The van der Waals surface area contributed by atoms with Crippen LogP contribution in [0.3, 0.4) is 0 Å². The summed E-state index contributed by atoms with van der Waals surface area (Å²) in [6.07, 6.45) is 2.32. The van der Waals surface area contributed by atoms with Crippen LogP contribution in [0, 0.1) is 12.8 Å². The van der Waals surface area contributed by atoms with Crippen LogP contribution in [0.5, 0.6) is 0 Å². The number of aromatic nitrogens is 1. The Bertz CT molecular complexity index is 921. The van der Waals surface area contributed by atoms with E-state index >= 15 is 0 Å². The van der Waals surface area contributed by atoms with Gasteiger partial charge >= 0.3 is 0 Å². The van der Waals surface area contributed by atoms with E-state index in [-0.39, 0.29) is 0 Å². The fourth-order valence-electron chi connectivity index (χ4n) is 4.20. The molecule has 1 aliphatic carbocycles. The second-order valence-electron chi connectivity index (χ2n) is 6.74. The lowest BCUT2D eigenvalue weighted by atomic mass is 9.79. The van der Waals surface area contributed by atoms with Crippen LogP contribution < -0.4 is 10.5 Å². The number of hydrogen-bond donors (Lipinski definition) is 3. The van der Waals surface area contributed by atoms with Crippen molar-refractivity contribution in [2.45, 2.75) is 25.8 Å². The van der Waals surface area contributed by atoms with E-state index in [2.05, 4.69) is 71.0 Å². The molecule has 1 aliphatic heterocycles. The number of hydrazine groups is 1. The number of nitrogens with one attached hydrogen (secondary N) is 3. The van der Waals surface area contributed by atoms with Crippen LogP contribution >= 0.6 is 0 Å². The largest absolute Gasteiger partial charge is 0.350 e. The summed E-state index contributed by atoms with van der Waals surface area (Å²) in [5.74, 6) is 0.513. The summed E-state index contributed by atoms with van der Waals surface area (Å²) in [6, 6.07) is 17.8. The number of aryl methyl sites for hydroxylation is 2. The van der Waals surface area contributed by atoms with Gasteiger partial charge in [0.15, 0.2) is 0 Å². The number of hydrazone groups is 1. The minimum absolute atomic E-state index is 0.354. The zero-order valence-corrected chi connectivity index (χ0v) is 13.2. The fourth-order valence-corrected chi connectivity index (χ4v) is 4.20. The first-order chi connectivity index (χ1) is 11.3. The van der Waals surface area contributed by atoms with E-state index in [1.54, 1.807) is 0 Å². The van der Waals surface area contributed by atoms with Gasteiger partial charge in [-0.1, -0.05) is 42.0 Å². The third kappa shape index (κ3) is 1.86. The highest BCUT2D eigenvalue weighted by molar-refractivity contribution is 6.05. The quantitative estimate of drug-likeness (QED) is 0.633. The molecule has 5 rings (SSSR count). The van der Waals surface area contributed by atoms with Crippen molar-refractivity contribution in [1.29, 1.82) is 0 Å². The van der Waals surface area contributed by atoms with Gasteiger partial charge < -0.3 is 4.98 Å². The van der Waals surface area contributed by atoms with Crippen molar-refractivity contribution >= 4 is 16.6 Å². The lowest BCUT2D eigenvalue weighted by Gasteiger charge is -2.20. The summed E-state index contributed by atoms with van der Waals surface area (Å²) in [7, 11) is 0. The molecule has 0 fully saturated rings. The number of rotatable bonds is 1. The van der Waals surface area contributed by atoms with E-state index in [4.69, 9.17) is 0 Å². The Morgan fingerprint density at radius 3 is 2.83 bits per heavy atom. The molecule has 3 nitrogen and oxygen atoms in total. The van der Waals surface area contributed by atoms with E-state index in [0.29, 0.717) is 12.0 Å². The Kier molecular flexibility index (Phi) is 2.66.